The number of hydrogen-bond donors (Lipinski definition) is 1. The van der Waals surface area contributed by atoms with Crippen molar-refractivity contribution in [1.82, 2.24) is 10.2 Å². The van der Waals surface area contributed by atoms with Crippen LogP contribution in [0.4, 0.5) is 16.2 Å². The highest BCUT2D eigenvalue weighted by Gasteiger charge is 2.58. The normalized spacial score (nSPS) is 16.7. The number of benzene rings is 3. The van der Waals surface area contributed by atoms with Crippen molar-refractivity contribution in [2.24, 2.45) is 0 Å². The Morgan fingerprint density at radius 2 is 1.66 bits per heavy atom. The number of carbonyl (C=O) groups excluding carboxylic acids is 2. The molecule has 38 heavy (non-hydrogen) atoms. The molecule has 3 aromatic rings. The summed E-state index contributed by atoms with van der Waals surface area (Å²) in [6, 6.07) is 14.0. The van der Waals surface area contributed by atoms with Gasteiger partial charge in [0.1, 0.15) is 0 Å². The van der Waals surface area contributed by atoms with Crippen LogP contribution in [0.3, 0.4) is 0 Å². The van der Waals surface area contributed by atoms with Crippen LogP contribution in [0.25, 0.3) is 0 Å². The molecule has 3 aromatic carbocycles. The molecular formula is C25H22Cl2N4O6S. The number of fused-ring (bicyclic) bond motifs is 1. The van der Waals surface area contributed by atoms with Crippen molar-refractivity contribution in [1.29, 1.82) is 0 Å². The van der Waals surface area contributed by atoms with Crippen molar-refractivity contribution in [3.63, 3.8) is 0 Å². The summed E-state index contributed by atoms with van der Waals surface area (Å²) in [5.41, 5.74) is -2.16. The maximum Gasteiger partial charge on any atom is 0.318 e. The molecule has 0 saturated heterocycles. The number of hydrogen-bond acceptors (Lipinski definition) is 6. The van der Waals surface area contributed by atoms with Gasteiger partial charge in [0.25, 0.3) is 21.6 Å². The van der Waals surface area contributed by atoms with E-state index in [9.17, 15) is 28.1 Å². The summed E-state index contributed by atoms with van der Waals surface area (Å²) in [4.78, 5) is 39.2. The number of nitro benzene ring substituents is 1. The van der Waals surface area contributed by atoms with E-state index in [0.29, 0.717) is 17.4 Å². The fourth-order valence-electron chi connectivity index (χ4n) is 4.41. The number of carbonyl (C=O) groups is 2. The second-order valence-electron chi connectivity index (χ2n) is 8.32. The van der Waals surface area contributed by atoms with Crippen LogP contribution in [0.2, 0.25) is 10.0 Å². The van der Waals surface area contributed by atoms with Crippen LogP contribution in [0, 0.1) is 10.1 Å². The molecule has 3 amide bonds. The van der Waals surface area contributed by atoms with Crippen LogP contribution < -0.4 is 9.62 Å². The van der Waals surface area contributed by atoms with Crippen molar-refractivity contribution in [2.45, 2.75) is 24.3 Å². The second-order valence-corrected chi connectivity index (χ2v) is 10.9. The van der Waals surface area contributed by atoms with Crippen LogP contribution in [0.1, 0.15) is 25.0 Å². The van der Waals surface area contributed by atoms with Crippen LogP contribution in [0.15, 0.2) is 71.6 Å². The minimum atomic E-state index is -4.61. The van der Waals surface area contributed by atoms with E-state index >= 15 is 0 Å². The van der Waals surface area contributed by atoms with Crippen molar-refractivity contribution in [3.05, 3.63) is 98.0 Å². The van der Waals surface area contributed by atoms with Gasteiger partial charge in [-0.1, -0.05) is 41.4 Å². The first-order valence-corrected chi connectivity index (χ1v) is 13.6. The zero-order valence-electron chi connectivity index (χ0n) is 20.2. The molecule has 1 aliphatic heterocycles. The average molecular weight is 577 g/mol. The summed E-state index contributed by atoms with van der Waals surface area (Å²) in [7, 11) is -4.61. The van der Waals surface area contributed by atoms with Crippen molar-refractivity contribution >= 4 is 56.5 Å². The second kappa shape index (κ2) is 10.2. The Morgan fingerprint density at radius 1 is 1.03 bits per heavy atom. The summed E-state index contributed by atoms with van der Waals surface area (Å²) < 4.78 is 28.3. The highest BCUT2D eigenvalue weighted by Crippen LogP contribution is 2.49. The monoisotopic (exact) mass is 576 g/mol. The molecule has 0 bridgehead atoms. The van der Waals surface area contributed by atoms with E-state index in [1.54, 1.807) is 26.0 Å². The van der Waals surface area contributed by atoms with Gasteiger partial charge in [-0.3, -0.25) is 14.9 Å². The van der Waals surface area contributed by atoms with Gasteiger partial charge in [-0.25, -0.2) is 13.2 Å². The lowest BCUT2D eigenvalue weighted by Gasteiger charge is -2.33. The lowest BCUT2D eigenvalue weighted by Crippen LogP contribution is -2.57. The van der Waals surface area contributed by atoms with Gasteiger partial charge in [0.2, 0.25) is 0 Å². The molecule has 0 aromatic heterocycles. The zero-order valence-corrected chi connectivity index (χ0v) is 22.5. The molecule has 1 aliphatic rings. The topological polar surface area (TPSA) is 130 Å². The smallest absolute Gasteiger partial charge is 0.318 e. The van der Waals surface area contributed by atoms with E-state index in [1.165, 1.54) is 35.2 Å². The predicted molar refractivity (Wildman–Crippen MR) is 143 cm³/mol. The highest BCUT2D eigenvalue weighted by molar-refractivity contribution is 7.93. The summed E-state index contributed by atoms with van der Waals surface area (Å²) in [6.07, 6.45) is 0. The Hall–Kier alpha value is -3.67. The maximum atomic E-state index is 14.4. The van der Waals surface area contributed by atoms with Crippen molar-refractivity contribution < 1.29 is 22.9 Å². The van der Waals surface area contributed by atoms with Gasteiger partial charge in [0, 0.05) is 46.4 Å². The third-order valence-electron chi connectivity index (χ3n) is 6.30. The predicted octanol–water partition coefficient (Wildman–Crippen LogP) is 4.93. The van der Waals surface area contributed by atoms with Gasteiger partial charge < -0.3 is 10.2 Å². The average Bonchev–Trinajstić information content (AvgIpc) is 3.13. The van der Waals surface area contributed by atoms with E-state index in [-0.39, 0.29) is 37.4 Å². The minimum Gasteiger partial charge on any atom is -0.325 e. The number of anilines is 1. The first-order chi connectivity index (χ1) is 18.0. The van der Waals surface area contributed by atoms with Crippen LogP contribution in [0.5, 0.6) is 0 Å². The van der Waals surface area contributed by atoms with Gasteiger partial charge in [0.15, 0.2) is 5.54 Å². The molecule has 1 N–H and O–H groups in total. The van der Waals surface area contributed by atoms with Crippen LogP contribution in [-0.2, 0) is 20.4 Å². The fourth-order valence-corrected chi connectivity index (χ4v) is 6.32. The number of amides is 3. The minimum absolute atomic E-state index is 0.0440. The van der Waals surface area contributed by atoms with E-state index in [4.69, 9.17) is 23.2 Å². The lowest BCUT2D eigenvalue weighted by atomic mass is 9.83. The number of nitrogens with one attached hydrogen (secondary N) is 1. The Morgan fingerprint density at radius 3 is 2.24 bits per heavy atom. The third kappa shape index (κ3) is 4.36. The van der Waals surface area contributed by atoms with E-state index in [2.05, 4.69) is 5.32 Å². The van der Waals surface area contributed by atoms with Crippen LogP contribution in [-0.4, -0.2) is 43.3 Å². The van der Waals surface area contributed by atoms with E-state index in [0.717, 1.165) is 24.3 Å². The fraction of sp³-hybridized carbons (Fsp3) is 0.200. The molecule has 1 atom stereocenters. The van der Waals surface area contributed by atoms with Gasteiger partial charge >= 0.3 is 6.03 Å². The van der Waals surface area contributed by atoms with Gasteiger partial charge in [0.05, 0.1) is 15.5 Å². The Labute approximate surface area is 229 Å². The first-order valence-electron chi connectivity index (χ1n) is 11.4. The molecule has 0 saturated carbocycles. The number of nitro groups is 1. The SMILES string of the molecule is CCN(CC)C(=O)NC1(c2ccccc2Cl)C(=O)N(S(=O)(=O)c2ccc([N+](=O)[O-])cc2)c2ccc(Cl)cc21. The third-order valence-corrected chi connectivity index (χ3v) is 8.57. The molecule has 4 rings (SSSR count). The summed E-state index contributed by atoms with van der Waals surface area (Å²) in [6.45, 7) is 4.17. The summed E-state index contributed by atoms with van der Waals surface area (Å²) in [5.74, 6) is -1.01. The number of sulfonamides is 1. The number of halogens is 2. The Kier molecular flexibility index (Phi) is 7.37. The summed E-state index contributed by atoms with van der Waals surface area (Å²) >= 11 is 12.8. The number of nitrogens with zero attached hydrogens (tertiary/aromatic N) is 3. The van der Waals surface area contributed by atoms with Crippen LogP contribution >= 0.6 is 23.2 Å². The first kappa shape index (κ1) is 27.4. The molecule has 13 heteroatoms. The Balaban J connectivity index is 2.00. The Bertz CT molecular complexity index is 1540. The highest BCUT2D eigenvalue weighted by atomic mass is 35.5. The van der Waals surface area contributed by atoms with E-state index < -0.39 is 32.4 Å². The quantitative estimate of drug-likeness (QED) is 0.313. The number of rotatable bonds is 7. The molecule has 0 spiro atoms. The molecule has 0 radical (unpaired) electrons. The lowest BCUT2D eigenvalue weighted by molar-refractivity contribution is -0.384. The molecule has 1 heterocycles. The zero-order chi connectivity index (χ0) is 27.8. The largest absolute Gasteiger partial charge is 0.325 e. The van der Waals surface area contributed by atoms with Crippen molar-refractivity contribution in [2.75, 3.05) is 17.4 Å². The molecule has 10 nitrogen and oxygen atoms in total. The molecule has 0 fully saturated rings. The van der Waals surface area contributed by atoms with E-state index in [1.807, 2.05) is 0 Å². The number of urea groups is 1. The molecule has 1 unspecified atom stereocenters. The standard InChI is InChI=1S/C25H22Cl2N4O6S/c1-3-29(4-2)24(33)28-25(19-7-5-6-8-21(19)27)20-15-16(26)9-14-22(20)30(23(25)32)38(36,37)18-12-10-17(11-13-18)31(34)35/h5-15H,3-4H2,1-2H3,(H,28,33). The summed E-state index contributed by atoms with van der Waals surface area (Å²) in [5, 5.41) is 14.1. The number of non-ortho nitro benzene ring substituents is 1. The van der Waals surface area contributed by atoms with Gasteiger partial charge in [-0.05, 0) is 50.2 Å². The molecule has 198 valence electrons. The molecule has 0 aliphatic carbocycles. The maximum absolute atomic E-state index is 14.4. The van der Waals surface area contributed by atoms with Gasteiger partial charge in [-0.2, -0.15) is 4.31 Å². The van der Waals surface area contributed by atoms with Gasteiger partial charge in [-0.15, -0.1) is 0 Å². The van der Waals surface area contributed by atoms with Crippen molar-refractivity contribution in [3.8, 4) is 0 Å². The molecular weight excluding hydrogens is 555 g/mol.